The first-order valence-electron chi connectivity index (χ1n) is 7.32. The molecule has 1 heterocycles. The Balaban J connectivity index is 1.82. The van der Waals surface area contributed by atoms with Crippen LogP contribution in [0.2, 0.25) is 0 Å². The number of benzene rings is 1. The number of nitrogens with one attached hydrogen (secondary N) is 1. The van der Waals surface area contributed by atoms with Crippen LogP contribution in [0.15, 0.2) is 24.4 Å². The molecule has 0 saturated heterocycles. The van der Waals surface area contributed by atoms with Crippen LogP contribution in [0.1, 0.15) is 54.4 Å². The third-order valence-electron chi connectivity index (χ3n) is 4.31. The SMILES string of the molecule is N#Cc1ccc2c(C(=O)CC3CCCCC3)c[nH]c2c1. The minimum Gasteiger partial charge on any atom is -0.360 e. The van der Waals surface area contributed by atoms with E-state index < -0.39 is 0 Å². The van der Waals surface area contributed by atoms with Crippen LogP contribution in [0.3, 0.4) is 0 Å². The van der Waals surface area contributed by atoms with Gasteiger partial charge in [-0.25, -0.2) is 0 Å². The number of hydrogen-bond acceptors (Lipinski definition) is 2. The molecule has 3 nitrogen and oxygen atoms in total. The molecule has 1 aliphatic carbocycles. The van der Waals surface area contributed by atoms with Gasteiger partial charge in [-0.2, -0.15) is 5.26 Å². The standard InChI is InChI=1S/C17H18N2O/c18-10-13-6-7-14-15(11-19-16(14)8-13)17(20)9-12-4-2-1-3-5-12/h6-8,11-12,19H,1-5,9H2. The van der Waals surface area contributed by atoms with Gasteiger partial charge in [0.1, 0.15) is 0 Å². The topological polar surface area (TPSA) is 56.6 Å². The predicted molar refractivity (Wildman–Crippen MR) is 78.5 cm³/mol. The molecule has 1 saturated carbocycles. The van der Waals surface area contributed by atoms with Gasteiger partial charge in [-0.15, -0.1) is 0 Å². The number of ketones is 1. The fourth-order valence-electron chi connectivity index (χ4n) is 3.19. The highest BCUT2D eigenvalue weighted by Crippen LogP contribution is 2.29. The molecule has 0 atom stereocenters. The number of aromatic nitrogens is 1. The number of nitrogens with zero attached hydrogens (tertiary/aromatic N) is 1. The van der Waals surface area contributed by atoms with E-state index in [1.54, 1.807) is 18.3 Å². The largest absolute Gasteiger partial charge is 0.360 e. The van der Waals surface area contributed by atoms with Crippen molar-refractivity contribution >= 4 is 16.7 Å². The van der Waals surface area contributed by atoms with Crippen LogP contribution in [-0.2, 0) is 0 Å². The highest BCUT2D eigenvalue weighted by Gasteiger charge is 2.20. The van der Waals surface area contributed by atoms with Crippen molar-refractivity contribution in [3.8, 4) is 6.07 Å². The quantitative estimate of drug-likeness (QED) is 0.847. The summed E-state index contributed by atoms with van der Waals surface area (Å²) in [6.45, 7) is 0. The Labute approximate surface area is 118 Å². The molecule has 0 radical (unpaired) electrons. The van der Waals surface area contributed by atoms with Gasteiger partial charge in [0, 0.05) is 29.1 Å². The Hall–Kier alpha value is -2.08. The first kappa shape index (κ1) is 12.9. The van der Waals surface area contributed by atoms with E-state index in [1.807, 2.05) is 6.07 Å². The number of H-pyrrole nitrogens is 1. The highest BCUT2D eigenvalue weighted by atomic mass is 16.1. The third kappa shape index (κ3) is 2.46. The average molecular weight is 266 g/mol. The van der Waals surface area contributed by atoms with Gasteiger partial charge in [0.25, 0.3) is 0 Å². The summed E-state index contributed by atoms with van der Waals surface area (Å²) in [4.78, 5) is 15.6. The molecule has 2 aromatic rings. The van der Waals surface area contributed by atoms with Crippen LogP contribution in [-0.4, -0.2) is 10.8 Å². The second-order valence-electron chi connectivity index (χ2n) is 5.71. The maximum absolute atomic E-state index is 12.5. The van der Waals surface area contributed by atoms with Gasteiger partial charge in [0.2, 0.25) is 0 Å². The van der Waals surface area contributed by atoms with E-state index in [1.165, 1.54) is 32.1 Å². The third-order valence-corrected chi connectivity index (χ3v) is 4.31. The van der Waals surface area contributed by atoms with E-state index in [0.717, 1.165) is 16.5 Å². The van der Waals surface area contributed by atoms with Crippen LogP contribution >= 0.6 is 0 Å². The van der Waals surface area contributed by atoms with Crippen LogP contribution in [0.5, 0.6) is 0 Å². The lowest BCUT2D eigenvalue weighted by Gasteiger charge is -2.20. The van der Waals surface area contributed by atoms with E-state index in [0.29, 0.717) is 17.9 Å². The van der Waals surface area contributed by atoms with E-state index in [4.69, 9.17) is 5.26 Å². The van der Waals surface area contributed by atoms with E-state index in [9.17, 15) is 4.79 Å². The molecular weight excluding hydrogens is 248 g/mol. The molecule has 1 N–H and O–H groups in total. The van der Waals surface area contributed by atoms with Crippen molar-refractivity contribution in [1.29, 1.82) is 5.26 Å². The first-order chi connectivity index (χ1) is 9.78. The van der Waals surface area contributed by atoms with Crippen LogP contribution in [0.25, 0.3) is 10.9 Å². The zero-order valence-corrected chi connectivity index (χ0v) is 11.5. The zero-order chi connectivity index (χ0) is 13.9. The van der Waals surface area contributed by atoms with Gasteiger partial charge in [-0.3, -0.25) is 4.79 Å². The number of carbonyl (C=O) groups excluding carboxylic acids is 1. The Morgan fingerprint density at radius 1 is 1.30 bits per heavy atom. The van der Waals surface area contributed by atoms with Crippen molar-refractivity contribution in [2.24, 2.45) is 5.92 Å². The van der Waals surface area contributed by atoms with Crippen molar-refractivity contribution in [3.63, 3.8) is 0 Å². The summed E-state index contributed by atoms with van der Waals surface area (Å²) in [6.07, 6.45) is 8.66. The summed E-state index contributed by atoms with van der Waals surface area (Å²) < 4.78 is 0. The Kier molecular flexibility index (Phi) is 3.56. The maximum atomic E-state index is 12.5. The Morgan fingerprint density at radius 3 is 2.85 bits per heavy atom. The zero-order valence-electron chi connectivity index (χ0n) is 11.5. The van der Waals surface area contributed by atoms with Crippen molar-refractivity contribution in [1.82, 2.24) is 4.98 Å². The minimum absolute atomic E-state index is 0.229. The smallest absolute Gasteiger partial charge is 0.165 e. The number of rotatable bonds is 3. The van der Waals surface area contributed by atoms with Crippen molar-refractivity contribution in [3.05, 3.63) is 35.5 Å². The van der Waals surface area contributed by atoms with Gasteiger partial charge in [0.15, 0.2) is 5.78 Å². The second kappa shape index (κ2) is 5.50. The lowest BCUT2D eigenvalue weighted by molar-refractivity contribution is 0.0952. The highest BCUT2D eigenvalue weighted by molar-refractivity contribution is 6.08. The molecule has 0 aliphatic heterocycles. The summed E-state index contributed by atoms with van der Waals surface area (Å²) in [6, 6.07) is 7.56. The summed E-state index contributed by atoms with van der Waals surface area (Å²) in [7, 11) is 0. The van der Waals surface area contributed by atoms with E-state index >= 15 is 0 Å². The maximum Gasteiger partial charge on any atom is 0.165 e. The van der Waals surface area contributed by atoms with Crippen molar-refractivity contribution < 1.29 is 4.79 Å². The second-order valence-corrected chi connectivity index (χ2v) is 5.71. The average Bonchev–Trinajstić information content (AvgIpc) is 2.91. The molecule has 1 aromatic heterocycles. The molecule has 1 aromatic carbocycles. The molecule has 0 bridgehead atoms. The van der Waals surface area contributed by atoms with Crippen LogP contribution in [0.4, 0.5) is 0 Å². The summed E-state index contributed by atoms with van der Waals surface area (Å²) in [5, 5.41) is 9.83. The van der Waals surface area contributed by atoms with Gasteiger partial charge in [0.05, 0.1) is 11.6 Å². The molecular formula is C17H18N2O. The molecule has 3 rings (SSSR count). The molecule has 1 aliphatic rings. The monoisotopic (exact) mass is 266 g/mol. The number of aromatic amines is 1. The van der Waals surface area contributed by atoms with E-state index in [2.05, 4.69) is 11.1 Å². The fraction of sp³-hybridized carbons (Fsp3) is 0.412. The van der Waals surface area contributed by atoms with Gasteiger partial charge >= 0.3 is 0 Å². The summed E-state index contributed by atoms with van der Waals surface area (Å²) >= 11 is 0. The predicted octanol–water partition coefficient (Wildman–Crippen LogP) is 4.19. The van der Waals surface area contributed by atoms with E-state index in [-0.39, 0.29) is 5.78 Å². The van der Waals surface area contributed by atoms with Crippen LogP contribution in [0, 0.1) is 17.2 Å². The Morgan fingerprint density at radius 2 is 2.10 bits per heavy atom. The Bertz CT molecular complexity index is 672. The van der Waals surface area contributed by atoms with Gasteiger partial charge < -0.3 is 4.98 Å². The number of hydrogen-bond donors (Lipinski definition) is 1. The van der Waals surface area contributed by atoms with Crippen molar-refractivity contribution in [2.75, 3.05) is 0 Å². The number of nitriles is 1. The molecule has 102 valence electrons. The molecule has 0 amide bonds. The lowest BCUT2D eigenvalue weighted by Crippen LogP contribution is -2.12. The molecule has 1 fully saturated rings. The lowest BCUT2D eigenvalue weighted by atomic mass is 9.85. The molecule has 0 spiro atoms. The number of Topliss-reactive ketones (excluding diaryl/α,β-unsaturated/α-hetero) is 1. The number of carbonyl (C=O) groups is 1. The first-order valence-corrected chi connectivity index (χ1v) is 7.32. The molecule has 20 heavy (non-hydrogen) atoms. The molecule has 0 unspecified atom stereocenters. The summed E-state index contributed by atoms with van der Waals surface area (Å²) in [5.74, 6) is 0.785. The number of fused-ring (bicyclic) bond motifs is 1. The fourth-order valence-corrected chi connectivity index (χ4v) is 3.19. The van der Waals surface area contributed by atoms with Gasteiger partial charge in [-0.1, -0.05) is 38.2 Å². The molecule has 3 heteroatoms. The minimum atomic E-state index is 0.229. The van der Waals surface area contributed by atoms with Gasteiger partial charge in [-0.05, 0) is 18.1 Å². The normalized spacial score (nSPS) is 16.1. The summed E-state index contributed by atoms with van der Waals surface area (Å²) in [5.41, 5.74) is 2.26. The van der Waals surface area contributed by atoms with Crippen molar-refractivity contribution in [2.45, 2.75) is 38.5 Å². The van der Waals surface area contributed by atoms with Crippen LogP contribution < -0.4 is 0 Å².